The molecule has 17 heavy (non-hydrogen) atoms. The molecule has 0 bridgehead atoms. The van der Waals surface area contributed by atoms with Gasteiger partial charge in [0.1, 0.15) is 6.04 Å². The summed E-state index contributed by atoms with van der Waals surface area (Å²) < 4.78 is 0. The van der Waals surface area contributed by atoms with Crippen molar-refractivity contribution >= 4 is 22.4 Å². The fourth-order valence-corrected chi connectivity index (χ4v) is 2.08. The Labute approximate surface area is 103 Å². The molecule has 1 aromatic carbocycles. The molecule has 0 radical (unpaired) electrons. The van der Waals surface area contributed by atoms with Gasteiger partial charge in [-0.05, 0) is 5.56 Å². The minimum Gasteiger partial charge on any atom is -0.480 e. The third-order valence-electron chi connectivity index (χ3n) is 2.31. The summed E-state index contributed by atoms with van der Waals surface area (Å²) in [6, 6.07) is 8.89. The van der Waals surface area contributed by atoms with Crippen LogP contribution in [0.1, 0.15) is 5.56 Å². The number of benzene rings is 1. The Bertz CT molecular complexity index is 471. The number of aromatic nitrogens is 1. The first-order valence-electron chi connectivity index (χ1n) is 5.18. The zero-order valence-corrected chi connectivity index (χ0v) is 9.85. The summed E-state index contributed by atoms with van der Waals surface area (Å²) in [5.74, 6) is -0.871. The van der Waals surface area contributed by atoms with E-state index >= 15 is 0 Å². The van der Waals surface area contributed by atoms with Crippen LogP contribution in [0.15, 0.2) is 41.9 Å². The van der Waals surface area contributed by atoms with E-state index in [2.05, 4.69) is 10.3 Å². The van der Waals surface area contributed by atoms with Crippen LogP contribution in [0.2, 0.25) is 0 Å². The molecule has 5 heteroatoms. The fraction of sp³-hybridized carbons (Fsp3) is 0.167. The monoisotopic (exact) mass is 248 g/mol. The van der Waals surface area contributed by atoms with Crippen LogP contribution >= 0.6 is 11.3 Å². The van der Waals surface area contributed by atoms with Crippen LogP contribution in [-0.2, 0) is 11.2 Å². The van der Waals surface area contributed by atoms with Gasteiger partial charge in [0.2, 0.25) is 0 Å². The Balaban J connectivity index is 2.06. The Hall–Kier alpha value is -1.88. The summed E-state index contributed by atoms with van der Waals surface area (Å²) in [6.45, 7) is 0. The van der Waals surface area contributed by atoms with E-state index in [-0.39, 0.29) is 0 Å². The summed E-state index contributed by atoms with van der Waals surface area (Å²) in [7, 11) is 0. The number of hydrogen-bond donors (Lipinski definition) is 2. The predicted octanol–water partition coefficient (Wildman–Crippen LogP) is 2.25. The van der Waals surface area contributed by atoms with E-state index in [1.165, 1.54) is 11.3 Å². The lowest BCUT2D eigenvalue weighted by Gasteiger charge is -2.13. The summed E-state index contributed by atoms with van der Waals surface area (Å²) in [6.07, 6.45) is 2.09. The van der Waals surface area contributed by atoms with Crippen molar-refractivity contribution in [2.75, 3.05) is 5.32 Å². The van der Waals surface area contributed by atoms with Crippen molar-refractivity contribution in [3.63, 3.8) is 0 Å². The molecule has 88 valence electrons. The number of aliphatic carboxylic acids is 1. The maximum atomic E-state index is 11.1. The van der Waals surface area contributed by atoms with E-state index in [1.54, 1.807) is 6.20 Å². The summed E-state index contributed by atoms with van der Waals surface area (Å²) in [4.78, 5) is 15.2. The lowest BCUT2D eigenvalue weighted by Crippen LogP contribution is -2.31. The maximum Gasteiger partial charge on any atom is 0.326 e. The van der Waals surface area contributed by atoms with E-state index < -0.39 is 12.0 Å². The Kier molecular flexibility index (Phi) is 3.72. The van der Waals surface area contributed by atoms with Gasteiger partial charge in [-0.3, -0.25) is 0 Å². The van der Waals surface area contributed by atoms with E-state index in [0.29, 0.717) is 11.6 Å². The van der Waals surface area contributed by atoms with Gasteiger partial charge in [-0.25, -0.2) is 9.78 Å². The average Bonchev–Trinajstić information content (AvgIpc) is 2.82. The van der Waals surface area contributed by atoms with E-state index in [0.717, 1.165) is 5.56 Å². The SMILES string of the molecule is O=C(O)C(Cc1ccccc1)Nc1nccs1. The van der Waals surface area contributed by atoms with Crippen LogP contribution in [-0.4, -0.2) is 22.1 Å². The normalized spacial score (nSPS) is 12.0. The predicted molar refractivity (Wildman–Crippen MR) is 67.3 cm³/mol. The first-order chi connectivity index (χ1) is 8.25. The highest BCUT2D eigenvalue weighted by molar-refractivity contribution is 7.13. The van der Waals surface area contributed by atoms with Crippen molar-refractivity contribution in [1.29, 1.82) is 0 Å². The molecule has 0 aliphatic carbocycles. The largest absolute Gasteiger partial charge is 0.480 e. The Morgan fingerprint density at radius 2 is 2.18 bits per heavy atom. The molecule has 0 aliphatic rings. The first kappa shape index (κ1) is 11.6. The van der Waals surface area contributed by atoms with Crippen molar-refractivity contribution in [1.82, 2.24) is 4.98 Å². The minimum atomic E-state index is -0.871. The fourth-order valence-electron chi connectivity index (χ4n) is 1.49. The van der Waals surface area contributed by atoms with Gasteiger partial charge < -0.3 is 10.4 Å². The summed E-state index contributed by atoms with van der Waals surface area (Å²) in [5.41, 5.74) is 0.990. The number of nitrogens with zero attached hydrogens (tertiary/aromatic N) is 1. The van der Waals surface area contributed by atoms with Gasteiger partial charge in [0, 0.05) is 18.0 Å². The highest BCUT2D eigenvalue weighted by Crippen LogP contribution is 2.14. The highest BCUT2D eigenvalue weighted by Gasteiger charge is 2.18. The lowest BCUT2D eigenvalue weighted by atomic mass is 10.1. The zero-order valence-electron chi connectivity index (χ0n) is 9.04. The van der Waals surface area contributed by atoms with E-state index in [4.69, 9.17) is 5.11 Å². The zero-order chi connectivity index (χ0) is 12.1. The number of thiazole rings is 1. The molecule has 1 atom stereocenters. The van der Waals surface area contributed by atoms with Crippen molar-refractivity contribution in [2.45, 2.75) is 12.5 Å². The second-order valence-corrected chi connectivity index (χ2v) is 4.46. The van der Waals surface area contributed by atoms with Crippen molar-refractivity contribution in [3.8, 4) is 0 Å². The molecule has 1 heterocycles. The molecular formula is C12H12N2O2S. The van der Waals surface area contributed by atoms with E-state index in [1.807, 2.05) is 35.7 Å². The van der Waals surface area contributed by atoms with Crippen LogP contribution in [0, 0.1) is 0 Å². The van der Waals surface area contributed by atoms with Crippen molar-refractivity contribution < 1.29 is 9.90 Å². The maximum absolute atomic E-state index is 11.1. The number of anilines is 1. The molecule has 0 spiro atoms. The lowest BCUT2D eigenvalue weighted by molar-refractivity contribution is -0.137. The smallest absolute Gasteiger partial charge is 0.326 e. The molecule has 1 unspecified atom stereocenters. The van der Waals surface area contributed by atoms with Crippen LogP contribution < -0.4 is 5.32 Å². The highest BCUT2D eigenvalue weighted by atomic mass is 32.1. The van der Waals surface area contributed by atoms with Crippen LogP contribution in [0.25, 0.3) is 0 Å². The number of carboxylic acids is 1. The molecule has 0 saturated heterocycles. The number of carboxylic acid groups (broad SMARTS) is 1. The van der Waals surface area contributed by atoms with Crippen LogP contribution in [0.5, 0.6) is 0 Å². The van der Waals surface area contributed by atoms with Gasteiger partial charge in [0.15, 0.2) is 5.13 Å². The second kappa shape index (κ2) is 5.45. The molecule has 2 aromatic rings. The average molecular weight is 248 g/mol. The third kappa shape index (κ3) is 3.29. The summed E-state index contributed by atoms with van der Waals surface area (Å²) in [5, 5.41) is 14.5. The molecule has 0 aliphatic heterocycles. The summed E-state index contributed by atoms with van der Waals surface area (Å²) >= 11 is 1.39. The standard InChI is InChI=1S/C12H12N2O2S/c15-11(16)10(14-12-13-6-7-17-12)8-9-4-2-1-3-5-9/h1-7,10H,8H2,(H,13,14)(H,15,16). The molecule has 0 fully saturated rings. The van der Waals surface area contributed by atoms with Crippen LogP contribution in [0.4, 0.5) is 5.13 Å². The first-order valence-corrected chi connectivity index (χ1v) is 6.06. The number of nitrogens with one attached hydrogen (secondary N) is 1. The topological polar surface area (TPSA) is 62.2 Å². The number of hydrogen-bond acceptors (Lipinski definition) is 4. The van der Waals surface area contributed by atoms with Crippen LogP contribution in [0.3, 0.4) is 0 Å². The molecule has 2 rings (SSSR count). The van der Waals surface area contributed by atoms with Gasteiger partial charge in [-0.15, -0.1) is 11.3 Å². The molecule has 0 amide bonds. The molecule has 4 nitrogen and oxygen atoms in total. The van der Waals surface area contributed by atoms with Gasteiger partial charge in [-0.1, -0.05) is 30.3 Å². The number of rotatable bonds is 5. The van der Waals surface area contributed by atoms with Gasteiger partial charge >= 0.3 is 5.97 Å². The number of carbonyl (C=O) groups is 1. The van der Waals surface area contributed by atoms with Crippen molar-refractivity contribution in [2.24, 2.45) is 0 Å². The minimum absolute atomic E-state index is 0.440. The quantitative estimate of drug-likeness (QED) is 0.852. The van der Waals surface area contributed by atoms with E-state index in [9.17, 15) is 4.79 Å². The third-order valence-corrected chi connectivity index (χ3v) is 3.02. The molecule has 1 aromatic heterocycles. The van der Waals surface area contributed by atoms with Gasteiger partial charge in [0.05, 0.1) is 0 Å². The van der Waals surface area contributed by atoms with Crippen molar-refractivity contribution in [3.05, 3.63) is 47.5 Å². The Morgan fingerprint density at radius 1 is 1.41 bits per heavy atom. The molecule has 0 saturated carbocycles. The molecular weight excluding hydrogens is 236 g/mol. The Morgan fingerprint density at radius 3 is 2.76 bits per heavy atom. The second-order valence-electron chi connectivity index (χ2n) is 3.56. The van der Waals surface area contributed by atoms with Gasteiger partial charge in [0.25, 0.3) is 0 Å². The molecule has 2 N–H and O–H groups in total. The van der Waals surface area contributed by atoms with Gasteiger partial charge in [-0.2, -0.15) is 0 Å².